The zero-order valence-corrected chi connectivity index (χ0v) is 18.9. The van der Waals surface area contributed by atoms with Gasteiger partial charge < -0.3 is 25.4 Å². The highest BCUT2D eigenvalue weighted by atomic mass is 127. The molecule has 1 aliphatic heterocycles. The number of aliphatic imine (C=N–C) groups is 1. The molecule has 0 bridgehead atoms. The van der Waals surface area contributed by atoms with Gasteiger partial charge in [0.1, 0.15) is 0 Å². The average molecular weight is 504 g/mol. The first-order chi connectivity index (χ1) is 13.3. The summed E-state index contributed by atoms with van der Waals surface area (Å²) in [5.74, 6) is 0.717. The maximum Gasteiger partial charge on any atom is 0.222 e. The number of guanidine groups is 1. The minimum absolute atomic E-state index is 0. The second-order valence-corrected chi connectivity index (χ2v) is 6.50. The molecule has 0 spiro atoms. The molecule has 1 heterocycles. The summed E-state index contributed by atoms with van der Waals surface area (Å²) >= 11 is 0. The maximum atomic E-state index is 11.9. The summed E-state index contributed by atoms with van der Waals surface area (Å²) in [6.45, 7) is 4.11. The Bertz CT molecular complexity index is 566. The number of ether oxygens (including phenoxy) is 2. The third-order valence-electron chi connectivity index (χ3n) is 4.29. The summed E-state index contributed by atoms with van der Waals surface area (Å²) in [5.41, 5.74) is 1.10. The van der Waals surface area contributed by atoms with Crippen LogP contribution in [0.5, 0.6) is 0 Å². The van der Waals surface area contributed by atoms with Crippen molar-refractivity contribution in [1.82, 2.24) is 16.0 Å². The number of nitrogens with zero attached hydrogens (tertiary/aromatic N) is 1. The minimum Gasteiger partial charge on any atom is -0.379 e. The van der Waals surface area contributed by atoms with Gasteiger partial charge in [0.05, 0.1) is 12.7 Å². The summed E-state index contributed by atoms with van der Waals surface area (Å²) in [6.07, 6.45) is 3.82. The SMILES string of the molecule is CN=C(NCCCOCC1CCCO1)NCCC(=O)NCc1ccccc1.I. The van der Waals surface area contributed by atoms with Crippen molar-refractivity contribution in [3.8, 4) is 0 Å². The number of benzene rings is 1. The maximum absolute atomic E-state index is 11.9. The molecule has 1 atom stereocenters. The Morgan fingerprint density at radius 3 is 2.71 bits per heavy atom. The lowest BCUT2D eigenvalue weighted by Crippen LogP contribution is -2.39. The number of rotatable bonds is 11. The van der Waals surface area contributed by atoms with Gasteiger partial charge in [-0.05, 0) is 24.8 Å². The quantitative estimate of drug-likeness (QED) is 0.186. The predicted octanol–water partition coefficient (Wildman–Crippen LogP) is 2.06. The van der Waals surface area contributed by atoms with E-state index >= 15 is 0 Å². The van der Waals surface area contributed by atoms with Gasteiger partial charge in [0.2, 0.25) is 5.91 Å². The van der Waals surface area contributed by atoms with E-state index in [1.54, 1.807) is 7.05 Å². The fraction of sp³-hybridized carbons (Fsp3) is 0.600. The average Bonchev–Trinajstić information content (AvgIpc) is 3.22. The van der Waals surface area contributed by atoms with Crippen molar-refractivity contribution >= 4 is 35.8 Å². The highest BCUT2D eigenvalue weighted by Gasteiger charge is 2.14. The van der Waals surface area contributed by atoms with Gasteiger partial charge in [-0.15, -0.1) is 24.0 Å². The van der Waals surface area contributed by atoms with Crippen LogP contribution in [0.25, 0.3) is 0 Å². The van der Waals surface area contributed by atoms with E-state index in [2.05, 4.69) is 20.9 Å². The lowest BCUT2D eigenvalue weighted by Gasteiger charge is -2.13. The molecule has 0 aromatic heterocycles. The standard InChI is InChI=1S/C20H32N4O3.HI/c1-21-20(22-11-6-13-26-16-18-9-5-14-27-18)23-12-10-19(25)24-15-17-7-3-2-4-8-17;/h2-4,7-8,18H,5-6,9-16H2,1H3,(H,24,25)(H2,21,22,23);1H. The predicted molar refractivity (Wildman–Crippen MR) is 122 cm³/mol. The van der Waals surface area contributed by atoms with Gasteiger partial charge in [-0.1, -0.05) is 30.3 Å². The first-order valence-corrected chi connectivity index (χ1v) is 9.72. The molecule has 0 radical (unpaired) electrons. The Hall–Kier alpha value is -1.39. The summed E-state index contributed by atoms with van der Waals surface area (Å²) in [6, 6.07) is 9.88. The summed E-state index contributed by atoms with van der Waals surface area (Å²) < 4.78 is 11.1. The van der Waals surface area contributed by atoms with Crippen LogP contribution >= 0.6 is 24.0 Å². The molecule has 1 aromatic carbocycles. The van der Waals surface area contributed by atoms with Crippen LogP contribution in [0.2, 0.25) is 0 Å². The zero-order valence-electron chi connectivity index (χ0n) is 16.6. The van der Waals surface area contributed by atoms with Gasteiger partial charge in [-0.25, -0.2) is 0 Å². The number of carbonyl (C=O) groups is 1. The smallest absolute Gasteiger partial charge is 0.222 e. The van der Waals surface area contributed by atoms with Crippen LogP contribution in [0.15, 0.2) is 35.3 Å². The number of carbonyl (C=O) groups excluding carboxylic acids is 1. The van der Waals surface area contributed by atoms with E-state index in [1.807, 2.05) is 30.3 Å². The Labute approximate surface area is 185 Å². The molecule has 0 aliphatic carbocycles. The Morgan fingerprint density at radius 2 is 2.00 bits per heavy atom. The molecule has 7 nitrogen and oxygen atoms in total. The van der Waals surface area contributed by atoms with Crippen molar-refractivity contribution in [3.05, 3.63) is 35.9 Å². The molecule has 1 saturated heterocycles. The molecule has 28 heavy (non-hydrogen) atoms. The molecule has 0 saturated carbocycles. The topological polar surface area (TPSA) is 84.0 Å². The molecule has 2 rings (SSSR count). The summed E-state index contributed by atoms with van der Waals surface area (Å²) in [4.78, 5) is 16.1. The van der Waals surface area contributed by atoms with Crippen molar-refractivity contribution < 1.29 is 14.3 Å². The number of nitrogens with one attached hydrogen (secondary N) is 3. The van der Waals surface area contributed by atoms with E-state index in [1.165, 1.54) is 0 Å². The van der Waals surface area contributed by atoms with E-state index < -0.39 is 0 Å². The molecular weight excluding hydrogens is 471 g/mol. The highest BCUT2D eigenvalue weighted by molar-refractivity contribution is 14.0. The first-order valence-electron chi connectivity index (χ1n) is 9.72. The number of amides is 1. The Morgan fingerprint density at radius 1 is 1.21 bits per heavy atom. The molecule has 1 unspecified atom stereocenters. The lowest BCUT2D eigenvalue weighted by atomic mass is 10.2. The van der Waals surface area contributed by atoms with Gasteiger partial charge >= 0.3 is 0 Å². The van der Waals surface area contributed by atoms with Crippen LogP contribution in [0.1, 0.15) is 31.2 Å². The zero-order chi connectivity index (χ0) is 19.2. The Balaban J connectivity index is 0.00000392. The van der Waals surface area contributed by atoms with E-state index in [9.17, 15) is 4.79 Å². The second kappa shape index (κ2) is 15.5. The van der Waals surface area contributed by atoms with Crippen LogP contribution in [0, 0.1) is 0 Å². The second-order valence-electron chi connectivity index (χ2n) is 6.50. The van der Waals surface area contributed by atoms with Gasteiger partial charge in [0.15, 0.2) is 5.96 Å². The molecule has 1 amide bonds. The van der Waals surface area contributed by atoms with E-state index in [-0.39, 0.29) is 36.0 Å². The molecule has 1 aromatic rings. The van der Waals surface area contributed by atoms with Crippen molar-refractivity contribution in [2.75, 3.05) is 40.0 Å². The van der Waals surface area contributed by atoms with E-state index in [0.29, 0.717) is 38.7 Å². The van der Waals surface area contributed by atoms with Crippen LogP contribution in [-0.2, 0) is 20.8 Å². The largest absolute Gasteiger partial charge is 0.379 e. The molecule has 158 valence electrons. The Kier molecular flexibility index (Phi) is 13.7. The first kappa shape index (κ1) is 24.6. The van der Waals surface area contributed by atoms with Gasteiger partial charge in [0.25, 0.3) is 0 Å². The van der Waals surface area contributed by atoms with Gasteiger partial charge in [-0.3, -0.25) is 9.79 Å². The van der Waals surface area contributed by atoms with Gasteiger partial charge in [0, 0.05) is 46.3 Å². The molecule has 1 aliphatic rings. The minimum atomic E-state index is 0. The van der Waals surface area contributed by atoms with E-state index in [0.717, 1.165) is 38.0 Å². The summed E-state index contributed by atoms with van der Waals surface area (Å²) in [5, 5.41) is 9.29. The van der Waals surface area contributed by atoms with Crippen LogP contribution in [-0.4, -0.2) is 57.9 Å². The molecule has 3 N–H and O–H groups in total. The van der Waals surface area contributed by atoms with E-state index in [4.69, 9.17) is 9.47 Å². The number of halogens is 1. The fourth-order valence-electron chi connectivity index (χ4n) is 2.77. The summed E-state index contributed by atoms with van der Waals surface area (Å²) in [7, 11) is 1.72. The normalized spacial score (nSPS) is 16.3. The van der Waals surface area contributed by atoms with Gasteiger partial charge in [-0.2, -0.15) is 0 Å². The molecule has 8 heteroatoms. The highest BCUT2D eigenvalue weighted by Crippen LogP contribution is 2.11. The molecule has 1 fully saturated rings. The van der Waals surface area contributed by atoms with Crippen LogP contribution in [0.3, 0.4) is 0 Å². The van der Waals surface area contributed by atoms with Crippen LogP contribution in [0.4, 0.5) is 0 Å². The number of hydrogen-bond acceptors (Lipinski definition) is 4. The van der Waals surface area contributed by atoms with Crippen molar-refractivity contribution in [3.63, 3.8) is 0 Å². The third-order valence-corrected chi connectivity index (χ3v) is 4.29. The van der Waals surface area contributed by atoms with Crippen molar-refractivity contribution in [2.45, 2.75) is 38.3 Å². The van der Waals surface area contributed by atoms with Crippen LogP contribution < -0.4 is 16.0 Å². The van der Waals surface area contributed by atoms with Crippen molar-refractivity contribution in [2.24, 2.45) is 4.99 Å². The van der Waals surface area contributed by atoms with Crippen molar-refractivity contribution in [1.29, 1.82) is 0 Å². The third kappa shape index (κ3) is 10.8. The lowest BCUT2D eigenvalue weighted by molar-refractivity contribution is -0.121. The monoisotopic (exact) mass is 504 g/mol. The molecular formula is C20H33IN4O3. The fourth-order valence-corrected chi connectivity index (χ4v) is 2.77. The number of hydrogen-bond donors (Lipinski definition) is 3.